The predicted molar refractivity (Wildman–Crippen MR) is 127 cm³/mol. The number of para-hydroxylation sites is 2. The third-order valence-corrected chi connectivity index (χ3v) is 5.90. The summed E-state index contributed by atoms with van der Waals surface area (Å²) in [7, 11) is 0. The van der Waals surface area contributed by atoms with Crippen molar-refractivity contribution in [1.82, 2.24) is 5.32 Å². The largest absolute Gasteiger partial charge is 0.489 e. The zero-order valence-corrected chi connectivity index (χ0v) is 18.4. The van der Waals surface area contributed by atoms with Crippen molar-refractivity contribution in [1.29, 1.82) is 0 Å². The van der Waals surface area contributed by atoms with Gasteiger partial charge in [-0.05, 0) is 42.2 Å². The number of hydrogen-bond donors (Lipinski definition) is 1. The number of piperidine rings is 1. The number of nitrogens with one attached hydrogen (secondary N) is 1. The average molecular weight is 446 g/mol. The molecule has 0 bridgehead atoms. The van der Waals surface area contributed by atoms with Crippen LogP contribution in [0.5, 0.6) is 5.75 Å². The second-order valence-electron chi connectivity index (χ2n) is 8.15. The maximum Gasteiger partial charge on any atom is 0.292 e. The molecule has 1 N–H and O–H groups in total. The first-order chi connectivity index (χ1) is 16.1. The number of ether oxygens (including phenoxy) is 1. The van der Waals surface area contributed by atoms with Crippen LogP contribution < -0.4 is 15.0 Å². The third-order valence-electron chi connectivity index (χ3n) is 5.90. The smallest absolute Gasteiger partial charge is 0.292 e. The molecule has 1 heterocycles. The molecule has 7 nitrogen and oxygen atoms in total. The Labute approximate surface area is 193 Å². The Morgan fingerprint density at radius 2 is 1.67 bits per heavy atom. The zero-order chi connectivity index (χ0) is 23.0. The van der Waals surface area contributed by atoms with Crippen molar-refractivity contribution in [3.05, 3.63) is 100 Å². The quantitative estimate of drug-likeness (QED) is 0.401. The van der Waals surface area contributed by atoms with Gasteiger partial charge in [0.1, 0.15) is 18.0 Å². The Morgan fingerprint density at radius 3 is 2.42 bits per heavy atom. The monoisotopic (exact) mass is 445 g/mol. The second-order valence-corrected chi connectivity index (χ2v) is 8.15. The number of carbonyl (C=O) groups is 1. The van der Waals surface area contributed by atoms with Gasteiger partial charge >= 0.3 is 0 Å². The van der Waals surface area contributed by atoms with Crippen molar-refractivity contribution in [2.45, 2.75) is 26.0 Å². The van der Waals surface area contributed by atoms with E-state index in [0.717, 1.165) is 16.9 Å². The van der Waals surface area contributed by atoms with Gasteiger partial charge in [-0.15, -0.1) is 0 Å². The van der Waals surface area contributed by atoms with Crippen LogP contribution in [0.15, 0.2) is 78.9 Å². The topological polar surface area (TPSA) is 84.7 Å². The number of amides is 1. The number of nitrogens with zero attached hydrogens (tertiary/aromatic N) is 2. The van der Waals surface area contributed by atoms with Crippen LogP contribution in [0.1, 0.15) is 24.0 Å². The summed E-state index contributed by atoms with van der Waals surface area (Å²) in [6.07, 6.45) is 1.33. The Balaban J connectivity index is 1.27. The van der Waals surface area contributed by atoms with E-state index >= 15 is 0 Å². The van der Waals surface area contributed by atoms with Gasteiger partial charge in [0.2, 0.25) is 5.91 Å². The lowest BCUT2D eigenvalue weighted by molar-refractivity contribution is -0.384. The lowest BCUT2D eigenvalue weighted by Crippen LogP contribution is -2.40. The summed E-state index contributed by atoms with van der Waals surface area (Å²) in [5.74, 6) is 0.692. The van der Waals surface area contributed by atoms with Crippen molar-refractivity contribution < 1.29 is 14.5 Å². The van der Waals surface area contributed by atoms with E-state index in [1.54, 1.807) is 18.2 Å². The van der Waals surface area contributed by atoms with Crippen molar-refractivity contribution >= 4 is 17.3 Å². The Hall–Kier alpha value is -3.87. The number of nitro groups is 1. The van der Waals surface area contributed by atoms with Crippen LogP contribution in [-0.4, -0.2) is 23.9 Å². The fourth-order valence-electron chi connectivity index (χ4n) is 4.09. The molecule has 1 fully saturated rings. The molecule has 1 aliphatic heterocycles. The van der Waals surface area contributed by atoms with Crippen LogP contribution in [0.4, 0.5) is 11.4 Å². The molecule has 3 aromatic rings. The Morgan fingerprint density at radius 1 is 0.970 bits per heavy atom. The number of hydrogen-bond acceptors (Lipinski definition) is 5. The first kappa shape index (κ1) is 22.3. The minimum atomic E-state index is -0.355. The minimum Gasteiger partial charge on any atom is -0.489 e. The van der Waals surface area contributed by atoms with Crippen LogP contribution >= 0.6 is 0 Å². The van der Waals surface area contributed by atoms with Gasteiger partial charge in [0.05, 0.1) is 4.92 Å². The molecule has 170 valence electrons. The highest BCUT2D eigenvalue weighted by Crippen LogP contribution is 2.31. The number of benzene rings is 3. The summed E-state index contributed by atoms with van der Waals surface area (Å²) in [6.45, 7) is 2.16. The average Bonchev–Trinajstić information content (AvgIpc) is 2.87. The van der Waals surface area contributed by atoms with Crippen LogP contribution in [0.3, 0.4) is 0 Å². The minimum absolute atomic E-state index is 0.0211. The third kappa shape index (κ3) is 5.88. The van der Waals surface area contributed by atoms with Gasteiger partial charge in [0, 0.05) is 31.6 Å². The van der Waals surface area contributed by atoms with Crippen molar-refractivity contribution in [2.75, 3.05) is 18.0 Å². The molecule has 0 atom stereocenters. The molecule has 1 amide bonds. The van der Waals surface area contributed by atoms with Crippen LogP contribution in [0, 0.1) is 16.0 Å². The molecule has 0 aliphatic carbocycles. The van der Waals surface area contributed by atoms with E-state index < -0.39 is 0 Å². The molecule has 1 saturated heterocycles. The summed E-state index contributed by atoms with van der Waals surface area (Å²) < 4.78 is 5.87. The molecule has 1 aliphatic rings. The van der Waals surface area contributed by atoms with Crippen molar-refractivity contribution in [3.8, 4) is 5.75 Å². The van der Waals surface area contributed by atoms with Gasteiger partial charge in [-0.2, -0.15) is 0 Å². The van der Waals surface area contributed by atoms with E-state index in [2.05, 4.69) is 5.32 Å². The first-order valence-corrected chi connectivity index (χ1v) is 11.1. The molecule has 33 heavy (non-hydrogen) atoms. The van der Waals surface area contributed by atoms with Crippen LogP contribution in [0.2, 0.25) is 0 Å². The van der Waals surface area contributed by atoms with Crippen LogP contribution in [0.25, 0.3) is 0 Å². The van der Waals surface area contributed by atoms with Gasteiger partial charge in [0.15, 0.2) is 0 Å². The lowest BCUT2D eigenvalue weighted by atomic mass is 9.95. The molecule has 3 aromatic carbocycles. The van der Waals surface area contributed by atoms with E-state index in [1.807, 2.05) is 59.5 Å². The SMILES string of the molecule is O=C(NCc1cccc(OCc2ccccc2)c1)C1CCN(c2ccccc2[N+](=O)[O-])CC1. The van der Waals surface area contributed by atoms with E-state index in [4.69, 9.17) is 4.74 Å². The summed E-state index contributed by atoms with van der Waals surface area (Å²) in [4.78, 5) is 25.7. The fraction of sp³-hybridized carbons (Fsp3) is 0.269. The summed E-state index contributed by atoms with van der Waals surface area (Å²) >= 11 is 0. The van der Waals surface area contributed by atoms with Gasteiger partial charge in [-0.25, -0.2) is 0 Å². The summed E-state index contributed by atoms with van der Waals surface area (Å²) in [5, 5.41) is 14.3. The van der Waals surface area contributed by atoms with Crippen molar-refractivity contribution in [3.63, 3.8) is 0 Å². The number of nitro benzene ring substituents is 1. The number of carbonyl (C=O) groups excluding carboxylic acids is 1. The molecule has 0 aromatic heterocycles. The Kier molecular flexibility index (Phi) is 7.19. The lowest BCUT2D eigenvalue weighted by Gasteiger charge is -2.32. The van der Waals surface area contributed by atoms with Crippen molar-refractivity contribution in [2.24, 2.45) is 5.92 Å². The molecule has 0 saturated carbocycles. The molecular weight excluding hydrogens is 418 g/mol. The van der Waals surface area contributed by atoms with Gasteiger partial charge in [-0.1, -0.05) is 54.6 Å². The van der Waals surface area contributed by atoms with E-state index in [1.165, 1.54) is 6.07 Å². The van der Waals surface area contributed by atoms with Gasteiger partial charge in [0.25, 0.3) is 5.69 Å². The van der Waals surface area contributed by atoms with Gasteiger partial charge in [-0.3, -0.25) is 14.9 Å². The molecule has 4 rings (SSSR count). The molecule has 0 radical (unpaired) electrons. The maximum absolute atomic E-state index is 12.7. The van der Waals surface area contributed by atoms with Gasteiger partial charge < -0.3 is 15.0 Å². The molecule has 0 spiro atoms. The fourth-order valence-corrected chi connectivity index (χ4v) is 4.09. The molecule has 0 unspecified atom stereocenters. The summed E-state index contributed by atoms with van der Waals surface area (Å²) in [5.41, 5.74) is 2.80. The Bertz CT molecular complexity index is 1100. The molecule has 7 heteroatoms. The highest BCUT2D eigenvalue weighted by molar-refractivity contribution is 5.79. The van der Waals surface area contributed by atoms with E-state index in [9.17, 15) is 14.9 Å². The number of rotatable bonds is 8. The normalized spacial score (nSPS) is 14.0. The number of anilines is 1. The highest BCUT2D eigenvalue weighted by Gasteiger charge is 2.27. The highest BCUT2D eigenvalue weighted by atomic mass is 16.6. The maximum atomic E-state index is 12.7. The standard InChI is InChI=1S/C26H27N3O4/c30-26(22-13-15-28(16-14-22)24-11-4-5-12-25(24)29(31)32)27-18-21-9-6-10-23(17-21)33-19-20-7-2-1-3-8-20/h1-12,17,22H,13-16,18-19H2,(H,27,30). The zero-order valence-electron chi connectivity index (χ0n) is 18.4. The van der Waals surface area contributed by atoms with E-state index in [0.29, 0.717) is 44.8 Å². The van der Waals surface area contributed by atoms with Crippen LogP contribution in [-0.2, 0) is 17.9 Å². The first-order valence-electron chi connectivity index (χ1n) is 11.1. The predicted octanol–water partition coefficient (Wildman–Crippen LogP) is 4.71. The van der Waals surface area contributed by atoms with E-state index in [-0.39, 0.29) is 22.4 Å². The molecular formula is C26H27N3O4. The second kappa shape index (κ2) is 10.6. The summed E-state index contributed by atoms with van der Waals surface area (Å²) in [6, 6.07) is 24.5.